The summed E-state index contributed by atoms with van der Waals surface area (Å²) in [5, 5.41) is 40.4. The van der Waals surface area contributed by atoms with Crippen molar-refractivity contribution < 1.29 is 30.0 Å². The number of hydrogen-bond donors (Lipinski definition) is 5. The lowest BCUT2D eigenvalue weighted by atomic mass is 9.97. The normalized spacial score (nSPS) is 33.1. The van der Waals surface area contributed by atoms with Gasteiger partial charge in [0.15, 0.2) is 6.29 Å². The van der Waals surface area contributed by atoms with Crippen LogP contribution >= 0.6 is 0 Å². The molecule has 7 heteroatoms. The van der Waals surface area contributed by atoms with E-state index in [-0.39, 0.29) is 6.42 Å². The second kappa shape index (κ2) is 8.19. The summed E-state index contributed by atoms with van der Waals surface area (Å²) in [5.41, 5.74) is 0. The lowest BCUT2D eigenvalue weighted by Crippen LogP contribution is -2.64. The summed E-state index contributed by atoms with van der Waals surface area (Å²) in [6, 6.07) is -1.16. The fourth-order valence-corrected chi connectivity index (χ4v) is 1.85. The Balaban J connectivity index is 2.54. The Labute approximate surface area is 117 Å². The summed E-state index contributed by atoms with van der Waals surface area (Å²) in [6.45, 7) is 1.43. The van der Waals surface area contributed by atoms with Crippen LogP contribution < -0.4 is 5.32 Å². The van der Waals surface area contributed by atoms with Gasteiger partial charge in [0.1, 0.15) is 24.4 Å². The molecule has 1 heterocycles. The highest BCUT2D eigenvalue weighted by atomic mass is 16.6. The number of rotatable bonds is 4. The number of carbonyl (C=O) groups excluding carboxylic acids is 1. The summed E-state index contributed by atoms with van der Waals surface area (Å²) in [7, 11) is 0. The Bertz CT molecular complexity index is 377. The Morgan fingerprint density at radius 3 is 2.55 bits per heavy atom. The molecule has 0 aromatic heterocycles. The average Bonchev–Trinajstić information content (AvgIpc) is 2.43. The predicted octanol–water partition coefficient (Wildman–Crippen LogP) is -1.90. The molecule has 20 heavy (non-hydrogen) atoms. The molecule has 1 unspecified atom stereocenters. The molecule has 1 saturated heterocycles. The first-order valence-corrected chi connectivity index (χ1v) is 6.56. The summed E-state index contributed by atoms with van der Waals surface area (Å²) < 4.78 is 4.92. The molecular weight excluding hydrogens is 266 g/mol. The van der Waals surface area contributed by atoms with E-state index in [1.807, 2.05) is 6.92 Å². The number of unbranched alkanes of at least 4 members (excludes halogenated alkanes) is 1. The van der Waals surface area contributed by atoms with Gasteiger partial charge in [0.05, 0.1) is 13.0 Å². The molecule has 0 radical (unpaired) electrons. The first-order valence-electron chi connectivity index (χ1n) is 6.56. The number of nitrogens with one attached hydrogen (secondary N) is 1. The highest BCUT2D eigenvalue weighted by Crippen LogP contribution is 2.19. The van der Waals surface area contributed by atoms with Crippen molar-refractivity contribution in [3.8, 4) is 11.8 Å². The van der Waals surface area contributed by atoms with Gasteiger partial charge in [0.2, 0.25) is 5.91 Å². The van der Waals surface area contributed by atoms with Gasteiger partial charge in [0, 0.05) is 6.42 Å². The third-order valence-electron chi connectivity index (χ3n) is 2.98. The predicted molar refractivity (Wildman–Crippen MR) is 69.2 cm³/mol. The third-order valence-corrected chi connectivity index (χ3v) is 2.98. The Morgan fingerprint density at radius 2 is 1.95 bits per heavy atom. The molecule has 1 aliphatic heterocycles. The van der Waals surface area contributed by atoms with Crippen LogP contribution in [0.3, 0.4) is 0 Å². The zero-order chi connectivity index (χ0) is 15.1. The van der Waals surface area contributed by atoms with Crippen molar-refractivity contribution in [1.29, 1.82) is 0 Å². The molecule has 5 N–H and O–H groups in total. The number of ether oxygens (including phenoxy) is 1. The van der Waals surface area contributed by atoms with Gasteiger partial charge in [-0.1, -0.05) is 12.8 Å². The molecule has 0 aromatic carbocycles. The number of hydrogen-bond acceptors (Lipinski definition) is 6. The standard InChI is InChI=1S/C13H21NO6/c1-2-3-4-5-6-9(16)14-10-12(18)11(17)8(7-15)20-13(10)19/h8,10-13,15,17-19H,2-3,6-7H2,1H3,(H,14,16)/t8-,10-,11-,12-,13?/m1/s1. The minimum Gasteiger partial charge on any atom is -0.394 e. The number of amides is 1. The van der Waals surface area contributed by atoms with E-state index in [1.54, 1.807) is 0 Å². The van der Waals surface area contributed by atoms with Crippen LogP contribution in [-0.2, 0) is 9.53 Å². The Hall–Kier alpha value is -1.17. The van der Waals surface area contributed by atoms with Crippen molar-refractivity contribution in [2.24, 2.45) is 0 Å². The molecule has 1 aliphatic rings. The van der Waals surface area contributed by atoms with Gasteiger partial charge in [-0.05, 0) is 6.42 Å². The van der Waals surface area contributed by atoms with E-state index in [1.165, 1.54) is 0 Å². The van der Waals surface area contributed by atoms with E-state index < -0.39 is 43.2 Å². The quantitative estimate of drug-likeness (QED) is 0.385. The van der Waals surface area contributed by atoms with E-state index in [4.69, 9.17) is 9.84 Å². The molecule has 0 saturated carbocycles. The zero-order valence-corrected chi connectivity index (χ0v) is 11.3. The molecule has 5 atom stereocenters. The molecule has 1 fully saturated rings. The van der Waals surface area contributed by atoms with Crippen LogP contribution in [-0.4, -0.2) is 63.6 Å². The van der Waals surface area contributed by atoms with Crippen LogP contribution in [0.1, 0.15) is 26.2 Å². The fourth-order valence-electron chi connectivity index (χ4n) is 1.85. The largest absolute Gasteiger partial charge is 0.394 e. The summed E-state index contributed by atoms with van der Waals surface area (Å²) >= 11 is 0. The SMILES string of the molecule is CCCC#CCC(=O)N[C@H]1C(O)O[C@H](CO)[C@@H](O)[C@@H]1O. The smallest absolute Gasteiger partial charge is 0.232 e. The van der Waals surface area contributed by atoms with Crippen LogP contribution in [0, 0.1) is 11.8 Å². The van der Waals surface area contributed by atoms with Crippen LogP contribution in [0.15, 0.2) is 0 Å². The number of aliphatic hydroxyl groups is 4. The zero-order valence-electron chi connectivity index (χ0n) is 11.3. The van der Waals surface area contributed by atoms with Gasteiger partial charge in [0.25, 0.3) is 0 Å². The van der Waals surface area contributed by atoms with Crippen molar-refractivity contribution in [1.82, 2.24) is 5.32 Å². The topological polar surface area (TPSA) is 119 Å². The molecule has 7 nitrogen and oxygen atoms in total. The highest BCUT2D eigenvalue weighted by molar-refractivity contribution is 5.78. The van der Waals surface area contributed by atoms with Gasteiger partial charge in [-0.25, -0.2) is 0 Å². The average molecular weight is 287 g/mol. The molecule has 0 aliphatic carbocycles. The maximum absolute atomic E-state index is 11.6. The first kappa shape index (κ1) is 16.9. The highest BCUT2D eigenvalue weighted by Gasteiger charge is 2.44. The third kappa shape index (κ3) is 4.44. The second-order valence-corrected chi connectivity index (χ2v) is 4.60. The van der Waals surface area contributed by atoms with E-state index >= 15 is 0 Å². The van der Waals surface area contributed by atoms with Crippen LogP contribution in [0.4, 0.5) is 0 Å². The molecule has 0 spiro atoms. The molecule has 0 bridgehead atoms. The monoisotopic (exact) mass is 287 g/mol. The lowest BCUT2D eigenvalue weighted by molar-refractivity contribution is -0.253. The number of aliphatic hydroxyl groups excluding tert-OH is 4. The maximum Gasteiger partial charge on any atom is 0.232 e. The fraction of sp³-hybridized carbons (Fsp3) is 0.769. The van der Waals surface area contributed by atoms with Gasteiger partial charge in [-0.2, -0.15) is 0 Å². The van der Waals surface area contributed by atoms with Crippen molar-refractivity contribution >= 4 is 5.91 Å². The Kier molecular flexibility index (Phi) is 6.91. The molecule has 114 valence electrons. The van der Waals surface area contributed by atoms with E-state index in [0.717, 1.165) is 6.42 Å². The lowest BCUT2D eigenvalue weighted by Gasteiger charge is -2.40. The molecule has 0 aromatic rings. The van der Waals surface area contributed by atoms with Crippen LogP contribution in [0.2, 0.25) is 0 Å². The van der Waals surface area contributed by atoms with Gasteiger partial charge < -0.3 is 30.5 Å². The Morgan fingerprint density at radius 1 is 1.25 bits per heavy atom. The summed E-state index contributed by atoms with van der Waals surface area (Å²) in [4.78, 5) is 11.6. The first-order chi connectivity index (χ1) is 9.51. The van der Waals surface area contributed by atoms with Crippen molar-refractivity contribution in [3.63, 3.8) is 0 Å². The van der Waals surface area contributed by atoms with E-state index in [0.29, 0.717) is 6.42 Å². The van der Waals surface area contributed by atoms with Crippen molar-refractivity contribution in [2.75, 3.05) is 6.61 Å². The summed E-state index contributed by atoms with van der Waals surface area (Å²) in [6.07, 6.45) is -3.87. The van der Waals surface area contributed by atoms with E-state index in [2.05, 4.69) is 17.2 Å². The maximum atomic E-state index is 11.6. The van der Waals surface area contributed by atoms with E-state index in [9.17, 15) is 20.1 Å². The molecule has 1 amide bonds. The van der Waals surface area contributed by atoms with Crippen molar-refractivity contribution in [2.45, 2.75) is 56.8 Å². The minimum atomic E-state index is -1.50. The minimum absolute atomic E-state index is 0.0601. The number of carbonyl (C=O) groups is 1. The van der Waals surface area contributed by atoms with Crippen LogP contribution in [0.25, 0.3) is 0 Å². The molecule has 1 rings (SSSR count). The summed E-state index contributed by atoms with van der Waals surface area (Å²) in [5.74, 6) is 4.99. The van der Waals surface area contributed by atoms with Gasteiger partial charge >= 0.3 is 0 Å². The second-order valence-electron chi connectivity index (χ2n) is 4.60. The van der Waals surface area contributed by atoms with Gasteiger partial charge in [-0.3, -0.25) is 4.79 Å². The van der Waals surface area contributed by atoms with Crippen LogP contribution in [0.5, 0.6) is 0 Å². The van der Waals surface area contributed by atoms with Gasteiger partial charge in [-0.15, -0.1) is 5.92 Å². The van der Waals surface area contributed by atoms with Crippen molar-refractivity contribution in [3.05, 3.63) is 0 Å². The molecular formula is C13H21NO6.